The van der Waals surface area contributed by atoms with E-state index in [1.54, 1.807) is 24.3 Å². The lowest BCUT2D eigenvalue weighted by Crippen LogP contribution is -2.43. The third-order valence-electron chi connectivity index (χ3n) is 8.01. The summed E-state index contributed by atoms with van der Waals surface area (Å²) in [4.78, 5) is 30.0. The van der Waals surface area contributed by atoms with Crippen molar-refractivity contribution in [3.63, 3.8) is 0 Å². The van der Waals surface area contributed by atoms with Crippen LogP contribution < -0.4 is 0 Å². The lowest BCUT2D eigenvalue weighted by molar-refractivity contribution is -0.00171. The highest BCUT2D eigenvalue weighted by atomic mass is 16.5. The van der Waals surface area contributed by atoms with Crippen LogP contribution in [0.15, 0.2) is 24.3 Å². The molecule has 0 aliphatic carbocycles. The predicted molar refractivity (Wildman–Crippen MR) is 112 cm³/mol. The fourth-order valence-corrected chi connectivity index (χ4v) is 6.10. The molecule has 0 saturated carbocycles. The van der Waals surface area contributed by atoms with Gasteiger partial charge in [-0.15, -0.1) is 0 Å². The first kappa shape index (κ1) is 20.0. The number of nitrogens with zero attached hydrogens (tertiary/aromatic N) is 2. The van der Waals surface area contributed by atoms with Gasteiger partial charge in [-0.2, -0.15) is 0 Å². The van der Waals surface area contributed by atoms with Crippen molar-refractivity contribution >= 4 is 11.9 Å². The molecule has 162 valence electrons. The van der Waals surface area contributed by atoms with Crippen LogP contribution in [-0.4, -0.2) is 72.2 Å². The average Bonchev–Trinajstić information content (AvgIpc) is 3.07. The first-order valence-electron chi connectivity index (χ1n) is 11.4. The number of carbonyl (C=O) groups is 2. The van der Waals surface area contributed by atoms with Crippen LogP contribution in [-0.2, 0) is 9.47 Å². The van der Waals surface area contributed by atoms with E-state index < -0.39 is 0 Å². The third-order valence-corrected chi connectivity index (χ3v) is 8.01. The van der Waals surface area contributed by atoms with Gasteiger partial charge in [0.05, 0.1) is 11.1 Å². The maximum Gasteiger partial charge on any atom is 0.338 e. The Kier molecular flexibility index (Phi) is 5.31. The van der Waals surface area contributed by atoms with E-state index in [0.717, 1.165) is 25.7 Å². The fraction of sp³-hybridized carbons (Fsp3) is 0.667. The van der Waals surface area contributed by atoms with Gasteiger partial charge in [0.15, 0.2) is 0 Å². The Bertz CT molecular complexity index is 715. The average molecular weight is 413 g/mol. The van der Waals surface area contributed by atoms with E-state index in [9.17, 15) is 9.59 Å². The molecule has 0 amide bonds. The van der Waals surface area contributed by atoms with Gasteiger partial charge in [-0.1, -0.05) is 0 Å². The molecule has 4 saturated heterocycles. The van der Waals surface area contributed by atoms with Crippen LogP contribution in [0.5, 0.6) is 0 Å². The molecule has 4 heterocycles. The molecule has 1 aromatic rings. The minimum Gasteiger partial charge on any atom is -0.459 e. The summed E-state index contributed by atoms with van der Waals surface area (Å²) in [5, 5.41) is 0. The molecule has 4 bridgehead atoms. The molecule has 0 N–H and O–H groups in total. The van der Waals surface area contributed by atoms with Gasteiger partial charge in [0.2, 0.25) is 0 Å². The normalized spacial score (nSPS) is 35.9. The van der Waals surface area contributed by atoms with Crippen molar-refractivity contribution in [2.24, 2.45) is 0 Å². The van der Waals surface area contributed by atoms with Crippen molar-refractivity contribution in [1.29, 1.82) is 0 Å². The van der Waals surface area contributed by atoms with Crippen LogP contribution in [0, 0.1) is 0 Å². The van der Waals surface area contributed by atoms with E-state index in [2.05, 4.69) is 23.9 Å². The number of ether oxygens (including phenoxy) is 2. The van der Waals surface area contributed by atoms with E-state index in [0.29, 0.717) is 35.3 Å². The minimum atomic E-state index is -0.296. The number of rotatable bonds is 4. The SMILES string of the molecule is CN1[C@@H]2CC[C@H]1CC(OC(=O)c1ccc(C(=O)OC3C[C@H]4CC[C@@H](C3)N4C)cc1)C2. The zero-order valence-corrected chi connectivity index (χ0v) is 18.0. The monoisotopic (exact) mass is 412 g/mol. The first-order valence-corrected chi connectivity index (χ1v) is 11.4. The smallest absolute Gasteiger partial charge is 0.338 e. The highest BCUT2D eigenvalue weighted by molar-refractivity contribution is 5.93. The Morgan fingerprint density at radius 3 is 1.27 bits per heavy atom. The molecule has 2 unspecified atom stereocenters. The molecule has 6 heteroatoms. The Morgan fingerprint density at radius 2 is 0.967 bits per heavy atom. The van der Waals surface area contributed by atoms with Crippen LogP contribution in [0.1, 0.15) is 72.1 Å². The summed E-state index contributed by atoms with van der Waals surface area (Å²) >= 11 is 0. The number of hydrogen-bond donors (Lipinski definition) is 0. The summed E-state index contributed by atoms with van der Waals surface area (Å²) in [6.07, 6.45) is 8.46. The fourth-order valence-electron chi connectivity index (χ4n) is 6.10. The van der Waals surface area contributed by atoms with E-state index in [4.69, 9.17) is 9.47 Å². The van der Waals surface area contributed by atoms with Crippen molar-refractivity contribution in [3.8, 4) is 0 Å². The lowest BCUT2D eigenvalue weighted by atomic mass is 10.0. The van der Waals surface area contributed by atoms with Gasteiger partial charge in [-0.3, -0.25) is 0 Å². The molecular formula is C24H32N2O4. The van der Waals surface area contributed by atoms with Crippen molar-refractivity contribution < 1.29 is 19.1 Å². The Balaban J connectivity index is 1.15. The van der Waals surface area contributed by atoms with Crippen LogP contribution in [0.3, 0.4) is 0 Å². The summed E-state index contributed by atoms with van der Waals surface area (Å²) in [6.45, 7) is 0. The van der Waals surface area contributed by atoms with Gasteiger partial charge in [0.25, 0.3) is 0 Å². The number of piperidine rings is 2. The van der Waals surface area contributed by atoms with E-state index >= 15 is 0 Å². The molecule has 4 aliphatic heterocycles. The molecule has 1 aromatic carbocycles. The van der Waals surface area contributed by atoms with Crippen LogP contribution in [0.4, 0.5) is 0 Å². The summed E-state index contributed by atoms with van der Waals surface area (Å²) in [5.74, 6) is -0.591. The topological polar surface area (TPSA) is 59.1 Å². The standard InChI is InChI=1S/C24H32N2O4/c1-25-17-7-8-18(25)12-21(11-17)29-23(27)15-3-5-16(6-4-15)24(28)30-22-13-19-9-10-20(14-22)26(19)2/h3-6,17-22H,7-14H2,1-2H3/t17-,18+,19-,20+,21?,22?. The molecule has 6 nitrogen and oxygen atoms in total. The van der Waals surface area contributed by atoms with Crippen molar-refractivity contribution in [3.05, 3.63) is 35.4 Å². The van der Waals surface area contributed by atoms with E-state index in [1.807, 2.05) is 0 Å². The van der Waals surface area contributed by atoms with Gasteiger partial charge in [0, 0.05) is 49.9 Å². The number of fused-ring (bicyclic) bond motifs is 4. The summed E-state index contributed by atoms with van der Waals surface area (Å²) in [5.41, 5.74) is 0.991. The molecule has 5 rings (SSSR count). The molecule has 0 spiro atoms. The maximum atomic E-state index is 12.6. The lowest BCUT2D eigenvalue weighted by Gasteiger charge is -2.35. The summed E-state index contributed by atoms with van der Waals surface area (Å²) in [6, 6.07) is 8.87. The Labute approximate surface area is 178 Å². The number of benzene rings is 1. The highest BCUT2D eigenvalue weighted by Gasteiger charge is 2.41. The molecule has 6 atom stereocenters. The Hall–Kier alpha value is -1.92. The van der Waals surface area contributed by atoms with Crippen molar-refractivity contribution in [2.45, 2.75) is 87.7 Å². The largest absolute Gasteiger partial charge is 0.459 e. The van der Waals surface area contributed by atoms with Gasteiger partial charge in [-0.25, -0.2) is 9.59 Å². The molecular weight excluding hydrogens is 380 g/mol. The summed E-state index contributed by atoms with van der Waals surface area (Å²) < 4.78 is 11.6. The first-order chi connectivity index (χ1) is 14.5. The van der Waals surface area contributed by atoms with Crippen LogP contribution in [0.2, 0.25) is 0 Å². The predicted octanol–water partition coefficient (Wildman–Crippen LogP) is 3.25. The molecule has 0 aromatic heterocycles. The van der Waals surface area contributed by atoms with E-state index in [-0.39, 0.29) is 24.1 Å². The van der Waals surface area contributed by atoms with Crippen molar-refractivity contribution in [1.82, 2.24) is 9.80 Å². The van der Waals surface area contributed by atoms with Crippen LogP contribution in [0.25, 0.3) is 0 Å². The molecule has 4 fully saturated rings. The van der Waals surface area contributed by atoms with Gasteiger partial charge in [-0.05, 0) is 64.0 Å². The zero-order chi connectivity index (χ0) is 20.8. The van der Waals surface area contributed by atoms with Crippen molar-refractivity contribution in [2.75, 3.05) is 14.1 Å². The van der Waals surface area contributed by atoms with Gasteiger partial charge >= 0.3 is 11.9 Å². The molecule has 0 radical (unpaired) electrons. The Morgan fingerprint density at radius 1 is 0.667 bits per heavy atom. The number of esters is 2. The maximum absolute atomic E-state index is 12.6. The van der Waals surface area contributed by atoms with Gasteiger partial charge in [0.1, 0.15) is 12.2 Å². The van der Waals surface area contributed by atoms with Gasteiger partial charge < -0.3 is 19.3 Å². The number of carbonyl (C=O) groups excluding carboxylic acids is 2. The quantitative estimate of drug-likeness (QED) is 0.708. The van der Waals surface area contributed by atoms with Crippen LogP contribution >= 0.6 is 0 Å². The van der Waals surface area contributed by atoms with E-state index in [1.165, 1.54) is 25.7 Å². The third kappa shape index (κ3) is 3.76. The highest BCUT2D eigenvalue weighted by Crippen LogP contribution is 2.36. The second-order valence-electron chi connectivity index (χ2n) is 9.68. The zero-order valence-electron chi connectivity index (χ0n) is 18.0. The second kappa shape index (κ2) is 7.97. The second-order valence-corrected chi connectivity index (χ2v) is 9.68. The summed E-state index contributed by atoms with van der Waals surface area (Å²) in [7, 11) is 4.35. The molecule has 30 heavy (non-hydrogen) atoms. The molecule has 4 aliphatic rings. The number of hydrogen-bond acceptors (Lipinski definition) is 6. The minimum absolute atomic E-state index is 0.00403.